The third-order valence-electron chi connectivity index (χ3n) is 6.93. The Labute approximate surface area is 184 Å². The van der Waals surface area contributed by atoms with Gasteiger partial charge >= 0.3 is 6.16 Å². The van der Waals surface area contributed by atoms with Crippen LogP contribution in [0.5, 0.6) is 11.5 Å². The van der Waals surface area contributed by atoms with E-state index in [9.17, 15) is 14.7 Å². The van der Waals surface area contributed by atoms with Crippen LogP contribution in [0.1, 0.15) is 36.6 Å². The standard InChI is InChI=1S/C24H27N3O5/c1-12-6-15(12)10-25-11-16-7-14-8-18-13(9-19(14)27(16)2)4-3-5-17-20(18)26-23(29)22(21(17)28)32-24(30)31/h7-9,12,15,25H,3-6,10-11H2,1-2H3,(H,30,31)(H2,26,28,29). The molecule has 8 nitrogen and oxygen atoms in total. The van der Waals surface area contributed by atoms with Crippen LogP contribution in [0.15, 0.2) is 23.0 Å². The van der Waals surface area contributed by atoms with E-state index < -0.39 is 23.2 Å². The van der Waals surface area contributed by atoms with Crippen LogP contribution in [-0.4, -0.2) is 32.5 Å². The summed E-state index contributed by atoms with van der Waals surface area (Å²) in [5, 5.41) is 24.1. The number of carbonyl (C=O) groups is 1. The van der Waals surface area contributed by atoms with Crippen molar-refractivity contribution >= 4 is 17.1 Å². The zero-order valence-electron chi connectivity index (χ0n) is 18.2. The zero-order valence-corrected chi connectivity index (χ0v) is 18.2. The topological polar surface area (TPSA) is 117 Å². The lowest BCUT2D eigenvalue weighted by molar-refractivity contribution is 0.142. The molecule has 1 saturated carbocycles. The number of nitrogens with zero attached hydrogens (tertiary/aromatic N) is 1. The highest BCUT2D eigenvalue weighted by atomic mass is 16.7. The third-order valence-corrected chi connectivity index (χ3v) is 6.93. The minimum Gasteiger partial charge on any atom is -0.504 e. The fourth-order valence-corrected chi connectivity index (χ4v) is 4.88. The highest BCUT2D eigenvalue weighted by molar-refractivity contribution is 5.89. The maximum absolute atomic E-state index is 12.5. The zero-order chi connectivity index (χ0) is 22.6. The minimum atomic E-state index is -1.64. The summed E-state index contributed by atoms with van der Waals surface area (Å²) in [6.07, 6.45) is 1.72. The van der Waals surface area contributed by atoms with Gasteiger partial charge in [-0.15, -0.1) is 0 Å². The van der Waals surface area contributed by atoms with Crippen molar-refractivity contribution in [3.8, 4) is 22.8 Å². The highest BCUT2D eigenvalue weighted by Gasteiger charge is 2.31. The quantitative estimate of drug-likeness (QED) is 0.454. The monoisotopic (exact) mass is 437 g/mol. The lowest BCUT2D eigenvalue weighted by Gasteiger charge is -2.13. The fourth-order valence-electron chi connectivity index (χ4n) is 4.88. The molecule has 0 bridgehead atoms. The van der Waals surface area contributed by atoms with Crippen LogP contribution in [0.3, 0.4) is 0 Å². The molecule has 168 valence electrons. The molecule has 1 fully saturated rings. The van der Waals surface area contributed by atoms with E-state index in [4.69, 9.17) is 5.11 Å². The summed E-state index contributed by atoms with van der Waals surface area (Å²) in [4.78, 5) is 26.2. The summed E-state index contributed by atoms with van der Waals surface area (Å²) in [6, 6.07) is 6.36. The Kier molecular flexibility index (Phi) is 4.97. The Bertz CT molecular complexity index is 1290. The van der Waals surface area contributed by atoms with E-state index in [-0.39, 0.29) is 0 Å². The van der Waals surface area contributed by atoms with Gasteiger partial charge in [-0.1, -0.05) is 6.92 Å². The average Bonchev–Trinajstić information content (AvgIpc) is 3.41. The molecular formula is C24H27N3O5. The number of rotatable bonds is 5. The smallest absolute Gasteiger partial charge is 0.504 e. The summed E-state index contributed by atoms with van der Waals surface area (Å²) in [7, 11) is 2.07. The third kappa shape index (κ3) is 3.54. The van der Waals surface area contributed by atoms with E-state index >= 15 is 0 Å². The van der Waals surface area contributed by atoms with Crippen LogP contribution < -0.4 is 15.6 Å². The molecule has 2 aliphatic carbocycles. The predicted molar refractivity (Wildman–Crippen MR) is 120 cm³/mol. The van der Waals surface area contributed by atoms with Crippen LogP contribution in [-0.2, 0) is 26.4 Å². The molecule has 1 aromatic carbocycles. The Morgan fingerprint density at radius 1 is 1.31 bits per heavy atom. The van der Waals surface area contributed by atoms with Crippen molar-refractivity contribution < 1.29 is 19.7 Å². The van der Waals surface area contributed by atoms with Crippen molar-refractivity contribution in [2.75, 3.05) is 6.54 Å². The first-order valence-corrected chi connectivity index (χ1v) is 11.0. The van der Waals surface area contributed by atoms with Crippen molar-refractivity contribution in [3.05, 3.63) is 45.4 Å². The number of fused-ring (bicyclic) bond motifs is 4. The summed E-state index contributed by atoms with van der Waals surface area (Å²) < 4.78 is 6.74. The lowest BCUT2D eigenvalue weighted by Crippen LogP contribution is -2.18. The molecule has 2 aliphatic rings. The second-order valence-corrected chi connectivity index (χ2v) is 9.07. The lowest BCUT2D eigenvalue weighted by atomic mass is 9.99. The molecule has 0 aliphatic heterocycles. The van der Waals surface area contributed by atoms with E-state index in [2.05, 4.69) is 45.7 Å². The summed E-state index contributed by atoms with van der Waals surface area (Å²) >= 11 is 0. The number of carboxylic acid groups (broad SMARTS) is 1. The molecule has 2 aromatic heterocycles. The summed E-state index contributed by atoms with van der Waals surface area (Å²) in [5.74, 6) is 0.646. The van der Waals surface area contributed by atoms with Gasteiger partial charge in [0.25, 0.3) is 5.56 Å². The highest BCUT2D eigenvalue weighted by Crippen LogP contribution is 2.40. The van der Waals surface area contributed by atoms with Gasteiger partial charge in [0.2, 0.25) is 5.75 Å². The van der Waals surface area contributed by atoms with Crippen molar-refractivity contribution in [2.24, 2.45) is 18.9 Å². The number of aromatic nitrogens is 2. The van der Waals surface area contributed by atoms with Crippen LogP contribution in [0.4, 0.5) is 4.79 Å². The molecule has 32 heavy (non-hydrogen) atoms. The molecule has 0 saturated heterocycles. The van der Waals surface area contributed by atoms with E-state index in [1.807, 2.05) is 6.07 Å². The van der Waals surface area contributed by atoms with Gasteiger partial charge < -0.3 is 29.8 Å². The maximum atomic E-state index is 12.5. The van der Waals surface area contributed by atoms with E-state index in [0.717, 1.165) is 59.8 Å². The van der Waals surface area contributed by atoms with Gasteiger partial charge in [0.15, 0.2) is 5.75 Å². The Morgan fingerprint density at radius 2 is 2.09 bits per heavy atom. The molecule has 8 heteroatoms. The molecule has 2 unspecified atom stereocenters. The van der Waals surface area contributed by atoms with Crippen LogP contribution in [0.25, 0.3) is 22.2 Å². The molecular weight excluding hydrogens is 410 g/mol. The number of hydrogen-bond acceptors (Lipinski definition) is 5. The predicted octanol–water partition coefficient (Wildman–Crippen LogP) is 3.53. The first-order chi connectivity index (χ1) is 15.3. The summed E-state index contributed by atoms with van der Waals surface area (Å²) in [6.45, 7) is 4.12. The van der Waals surface area contributed by atoms with Gasteiger partial charge in [0, 0.05) is 41.3 Å². The first-order valence-electron chi connectivity index (χ1n) is 11.0. The number of benzene rings is 1. The average molecular weight is 437 g/mol. The number of ether oxygens (including phenoxy) is 1. The second-order valence-electron chi connectivity index (χ2n) is 9.07. The van der Waals surface area contributed by atoms with Crippen LogP contribution in [0.2, 0.25) is 0 Å². The molecule has 0 amide bonds. The Hall–Kier alpha value is -3.26. The van der Waals surface area contributed by atoms with Crippen molar-refractivity contribution in [1.29, 1.82) is 0 Å². The first kappa shape index (κ1) is 20.6. The molecule has 5 rings (SSSR count). The van der Waals surface area contributed by atoms with E-state index in [1.165, 1.54) is 12.1 Å². The number of hydrogen-bond donors (Lipinski definition) is 4. The maximum Gasteiger partial charge on any atom is 0.511 e. The fraction of sp³-hybridized carbons (Fsp3) is 0.417. The van der Waals surface area contributed by atoms with Crippen molar-refractivity contribution in [2.45, 2.75) is 39.2 Å². The van der Waals surface area contributed by atoms with Crippen molar-refractivity contribution in [1.82, 2.24) is 14.9 Å². The van der Waals surface area contributed by atoms with Crippen molar-refractivity contribution in [3.63, 3.8) is 0 Å². The number of nitrogens with one attached hydrogen (secondary N) is 2. The van der Waals surface area contributed by atoms with Gasteiger partial charge in [-0.25, -0.2) is 4.79 Å². The number of aromatic hydroxyl groups is 1. The Morgan fingerprint density at radius 3 is 2.81 bits per heavy atom. The molecule has 2 heterocycles. The number of aromatic amines is 1. The van der Waals surface area contributed by atoms with Gasteiger partial charge in [0.1, 0.15) is 0 Å². The van der Waals surface area contributed by atoms with E-state index in [0.29, 0.717) is 17.7 Å². The molecule has 0 spiro atoms. The normalized spacial score (nSPS) is 19.3. The molecule has 0 radical (unpaired) electrons. The Balaban J connectivity index is 1.55. The number of aryl methyl sites for hydroxylation is 2. The SMILES string of the molecule is CC1CC1CNCc1cc2cc3c(cc2n1C)CCCc1c-3[nH]c(=O)c(OC(=O)O)c1O. The molecule has 2 atom stereocenters. The second kappa shape index (κ2) is 7.70. The molecule has 4 N–H and O–H groups in total. The van der Waals surface area contributed by atoms with Crippen LogP contribution >= 0.6 is 0 Å². The molecule has 3 aromatic rings. The van der Waals surface area contributed by atoms with Gasteiger partial charge in [-0.3, -0.25) is 4.79 Å². The number of pyridine rings is 1. The largest absolute Gasteiger partial charge is 0.511 e. The summed E-state index contributed by atoms with van der Waals surface area (Å²) in [5.41, 5.74) is 4.54. The van der Waals surface area contributed by atoms with Gasteiger partial charge in [0.05, 0.1) is 5.69 Å². The van der Waals surface area contributed by atoms with Gasteiger partial charge in [-0.05, 0) is 67.8 Å². The van der Waals surface area contributed by atoms with Crippen LogP contribution in [0, 0.1) is 11.8 Å². The van der Waals surface area contributed by atoms with Gasteiger partial charge in [-0.2, -0.15) is 0 Å². The number of H-pyrrole nitrogens is 1. The minimum absolute atomic E-state index is 0.397. The van der Waals surface area contributed by atoms with E-state index in [1.54, 1.807) is 0 Å².